The van der Waals surface area contributed by atoms with Crippen molar-refractivity contribution in [2.45, 2.75) is 26.5 Å². The SMILES string of the molecule is CC(C)(C)/C(CSCc1ccccc1)=N/O. The van der Waals surface area contributed by atoms with E-state index < -0.39 is 0 Å². The summed E-state index contributed by atoms with van der Waals surface area (Å²) < 4.78 is 0. The van der Waals surface area contributed by atoms with Gasteiger partial charge in [-0.1, -0.05) is 56.3 Å². The van der Waals surface area contributed by atoms with Gasteiger partial charge in [0.05, 0.1) is 5.71 Å². The van der Waals surface area contributed by atoms with Gasteiger partial charge in [-0.2, -0.15) is 11.8 Å². The van der Waals surface area contributed by atoms with E-state index in [1.165, 1.54) is 5.56 Å². The van der Waals surface area contributed by atoms with Crippen LogP contribution in [0.15, 0.2) is 35.5 Å². The minimum absolute atomic E-state index is 0.0571. The van der Waals surface area contributed by atoms with Crippen molar-refractivity contribution in [3.05, 3.63) is 35.9 Å². The van der Waals surface area contributed by atoms with Gasteiger partial charge in [-0.25, -0.2) is 0 Å². The molecule has 1 rings (SSSR count). The van der Waals surface area contributed by atoms with Crippen molar-refractivity contribution in [3.8, 4) is 0 Å². The smallest absolute Gasteiger partial charge is 0.0722 e. The van der Waals surface area contributed by atoms with E-state index in [4.69, 9.17) is 5.21 Å². The van der Waals surface area contributed by atoms with Gasteiger partial charge in [0, 0.05) is 16.9 Å². The Morgan fingerprint density at radius 2 is 1.88 bits per heavy atom. The molecular weight excluding hydrogens is 218 g/mol. The van der Waals surface area contributed by atoms with Crippen molar-refractivity contribution in [2.24, 2.45) is 10.6 Å². The fourth-order valence-electron chi connectivity index (χ4n) is 1.24. The van der Waals surface area contributed by atoms with E-state index in [9.17, 15) is 0 Å². The van der Waals surface area contributed by atoms with Crippen LogP contribution in [0.3, 0.4) is 0 Å². The topological polar surface area (TPSA) is 32.6 Å². The highest BCUT2D eigenvalue weighted by Gasteiger charge is 2.19. The van der Waals surface area contributed by atoms with Crippen molar-refractivity contribution < 1.29 is 5.21 Å². The maximum absolute atomic E-state index is 8.93. The van der Waals surface area contributed by atoms with Gasteiger partial charge < -0.3 is 5.21 Å². The third kappa shape index (κ3) is 4.27. The first-order valence-corrected chi connectivity index (χ1v) is 6.52. The first-order valence-electron chi connectivity index (χ1n) is 5.37. The molecule has 0 unspecified atom stereocenters. The first kappa shape index (κ1) is 13.1. The Bertz CT molecular complexity index is 341. The molecule has 0 aliphatic rings. The van der Waals surface area contributed by atoms with Crippen LogP contribution in [0.4, 0.5) is 0 Å². The van der Waals surface area contributed by atoms with Crippen LogP contribution in [0, 0.1) is 5.41 Å². The zero-order chi connectivity index (χ0) is 12.0. The fraction of sp³-hybridized carbons (Fsp3) is 0.462. The molecule has 0 aromatic heterocycles. The summed E-state index contributed by atoms with van der Waals surface area (Å²) in [6.07, 6.45) is 0. The van der Waals surface area contributed by atoms with Gasteiger partial charge in [-0.15, -0.1) is 0 Å². The second-order valence-electron chi connectivity index (χ2n) is 4.78. The molecular formula is C13H19NOS. The Morgan fingerprint density at radius 3 is 2.38 bits per heavy atom. The maximum Gasteiger partial charge on any atom is 0.0722 e. The molecule has 0 aliphatic carbocycles. The molecule has 16 heavy (non-hydrogen) atoms. The van der Waals surface area contributed by atoms with Crippen LogP contribution in [0.25, 0.3) is 0 Å². The molecule has 0 heterocycles. The van der Waals surface area contributed by atoms with Gasteiger partial charge in [0.1, 0.15) is 0 Å². The van der Waals surface area contributed by atoms with Gasteiger partial charge in [0.2, 0.25) is 0 Å². The van der Waals surface area contributed by atoms with E-state index in [0.29, 0.717) is 0 Å². The lowest BCUT2D eigenvalue weighted by atomic mass is 9.91. The monoisotopic (exact) mass is 237 g/mol. The number of benzene rings is 1. The van der Waals surface area contributed by atoms with Gasteiger partial charge in [-0.05, 0) is 5.56 Å². The summed E-state index contributed by atoms with van der Waals surface area (Å²) in [6.45, 7) is 6.18. The number of rotatable bonds is 4. The largest absolute Gasteiger partial charge is 0.411 e. The summed E-state index contributed by atoms with van der Waals surface area (Å²) >= 11 is 1.78. The predicted molar refractivity (Wildman–Crippen MR) is 71.3 cm³/mol. The van der Waals surface area contributed by atoms with Crippen LogP contribution in [0.5, 0.6) is 0 Å². The van der Waals surface area contributed by atoms with Crippen LogP contribution in [0.1, 0.15) is 26.3 Å². The molecule has 2 nitrogen and oxygen atoms in total. The summed E-state index contributed by atoms with van der Waals surface area (Å²) in [7, 11) is 0. The summed E-state index contributed by atoms with van der Waals surface area (Å²) in [5, 5.41) is 12.3. The number of oxime groups is 1. The first-order chi connectivity index (χ1) is 7.54. The van der Waals surface area contributed by atoms with Gasteiger partial charge in [0.25, 0.3) is 0 Å². The normalized spacial score (nSPS) is 12.8. The van der Waals surface area contributed by atoms with Gasteiger partial charge in [0.15, 0.2) is 0 Å². The molecule has 0 amide bonds. The molecule has 1 aromatic rings. The fourth-order valence-corrected chi connectivity index (χ4v) is 2.45. The zero-order valence-corrected chi connectivity index (χ0v) is 10.9. The Balaban J connectivity index is 2.41. The van der Waals surface area contributed by atoms with E-state index in [1.54, 1.807) is 11.8 Å². The molecule has 0 spiro atoms. The third-order valence-corrected chi connectivity index (χ3v) is 3.35. The van der Waals surface area contributed by atoms with Gasteiger partial charge in [-0.3, -0.25) is 0 Å². The lowest BCUT2D eigenvalue weighted by Crippen LogP contribution is -2.22. The van der Waals surface area contributed by atoms with Crippen LogP contribution in [-0.2, 0) is 5.75 Å². The molecule has 0 aliphatic heterocycles. The molecule has 0 bridgehead atoms. The Kier molecular flexibility index (Phi) is 4.87. The second-order valence-corrected chi connectivity index (χ2v) is 5.76. The van der Waals surface area contributed by atoms with E-state index in [-0.39, 0.29) is 5.41 Å². The zero-order valence-electron chi connectivity index (χ0n) is 10.1. The lowest BCUT2D eigenvalue weighted by Gasteiger charge is -2.19. The number of thioether (sulfide) groups is 1. The third-order valence-electron chi connectivity index (χ3n) is 2.34. The van der Waals surface area contributed by atoms with E-state index in [0.717, 1.165) is 17.2 Å². The average molecular weight is 237 g/mol. The Hall–Kier alpha value is -0.960. The number of nitrogens with zero attached hydrogens (tertiary/aromatic N) is 1. The van der Waals surface area contributed by atoms with Crippen molar-refractivity contribution in [3.63, 3.8) is 0 Å². The van der Waals surface area contributed by atoms with Crippen molar-refractivity contribution in [1.29, 1.82) is 0 Å². The summed E-state index contributed by atoms with van der Waals surface area (Å²) in [5.74, 6) is 1.73. The molecule has 3 heteroatoms. The second kappa shape index (κ2) is 5.94. The maximum atomic E-state index is 8.93. The Labute approximate surface area is 102 Å². The minimum atomic E-state index is -0.0571. The van der Waals surface area contributed by atoms with Gasteiger partial charge >= 0.3 is 0 Å². The molecule has 0 saturated heterocycles. The summed E-state index contributed by atoms with van der Waals surface area (Å²) in [6, 6.07) is 10.3. The standard InChI is InChI=1S/C13H19NOS/c1-13(2,3)12(14-15)10-16-9-11-7-5-4-6-8-11/h4-8,15H,9-10H2,1-3H3/b14-12+. The molecule has 0 fully saturated rings. The summed E-state index contributed by atoms with van der Waals surface area (Å²) in [4.78, 5) is 0. The predicted octanol–water partition coefficient (Wildman–Crippen LogP) is 3.80. The quantitative estimate of drug-likeness (QED) is 0.491. The van der Waals surface area contributed by atoms with Crippen LogP contribution in [-0.4, -0.2) is 16.7 Å². The highest BCUT2D eigenvalue weighted by molar-refractivity contribution is 7.99. The number of hydrogen-bond donors (Lipinski definition) is 1. The van der Waals surface area contributed by atoms with Crippen LogP contribution in [0.2, 0.25) is 0 Å². The van der Waals surface area contributed by atoms with Crippen molar-refractivity contribution >= 4 is 17.5 Å². The summed E-state index contributed by atoms with van der Waals surface area (Å²) in [5.41, 5.74) is 2.09. The highest BCUT2D eigenvalue weighted by atomic mass is 32.2. The average Bonchev–Trinajstić information content (AvgIpc) is 2.24. The molecule has 0 saturated carbocycles. The molecule has 0 radical (unpaired) electrons. The molecule has 1 N–H and O–H groups in total. The van der Waals surface area contributed by atoms with Crippen molar-refractivity contribution in [1.82, 2.24) is 0 Å². The lowest BCUT2D eigenvalue weighted by molar-refractivity contribution is 0.311. The Morgan fingerprint density at radius 1 is 1.25 bits per heavy atom. The van der Waals surface area contributed by atoms with E-state index >= 15 is 0 Å². The van der Waals surface area contributed by atoms with Crippen LogP contribution >= 0.6 is 11.8 Å². The highest BCUT2D eigenvalue weighted by Crippen LogP contribution is 2.21. The van der Waals surface area contributed by atoms with E-state index in [2.05, 4.69) is 38.1 Å². The van der Waals surface area contributed by atoms with Crippen LogP contribution < -0.4 is 0 Å². The molecule has 1 aromatic carbocycles. The minimum Gasteiger partial charge on any atom is -0.411 e. The number of hydrogen-bond acceptors (Lipinski definition) is 3. The molecule has 88 valence electrons. The molecule has 0 atom stereocenters. The van der Waals surface area contributed by atoms with E-state index in [1.807, 2.05) is 18.2 Å². The van der Waals surface area contributed by atoms with Crippen molar-refractivity contribution in [2.75, 3.05) is 5.75 Å².